The Bertz CT molecular complexity index is 1100. The number of hydrogen-bond donors (Lipinski definition) is 1. The fourth-order valence-electron chi connectivity index (χ4n) is 2.91. The lowest BCUT2D eigenvalue weighted by atomic mass is 10.2. The lowest BCUT2D eigenvalue weighted by molar-refractivity contribution is 0.0956. The number of anilines is 1. The number of rotatable bonds is 9. The molecule has 0 saturated heterocycles. The van der Waals surface area contributed by atoms with Gasteiger partial charge < -0.3 is 9.73 Å². The zero-order valence-corrected chi connectivity index (χ0v) is 18.5. The van der Waals surface area contributed by atoms with Gasteiger partial charge in [0.1, 0.15) is 5.76 Å². The van der Waals surface area contributed by atoms with Crippen molar-refractivity contribution in [1.29, 1.82) is 0 Å². The molecule has 0 aliphatic rings. The molecule has 0 fully saturated rings. The van der Waals surface area contributed by atoms with Crippen LogP contribution in [0.25, 0.3) is 0 Å². The second kappa shape index (κ2) is 9.86. The third-order valence-electron chi connectivity index (χ3n) is 4.57. The Hall–Kier alpha value is -2.71. The van der Waals surface area contributed by atoms with Crippen molar-refractivity contribution >= 4 is 33.4 Å². The first-order chi connectivity index (χ1) is 14.4. The lowest BCUT2D eigenvalue weighted by Crippen LogP contribution is -2.28. The Morgan fingerprint density at radius 2 is 1.90 bits per heavy atom. The maximum absolute atomic E-state index is 13.1. The Labute approximate surface area is 181 Å². The number of benzene rings is 2. The van der Waals surface area contributed by atoms with Gasteiger partial charge in [0.25, 0.3) is 15.9 Å². The summed E-state index contributed by atoms with van der Waals surface area (Å²) in [5.74, 6) is 2.05. The van der Waals surface area contributed by atoms with Crippen molar-refractivity contribution in [2.75, 3.05) is 23.7 Å². The molecule has 158 valence electrons. The molecule has 0 atom stereocenters. The fraction of sp³-hybridized carbons (Fsp3) is 0.227. The van der Waals surface area contributed by atoms with Gasteiger partial charge in [-0.1, -0.05) is 24.3 Å². The topological polar surface area (TPSA) is 79.6 Å². The summed E-state index contributed by atoms with van der Waals surface area (Å²) in [4.78, 5) is 12.5. The molecule has 3 rings (SSSR count). The van der Waals surface area contributed by atoms with E-state index < -0.39 is 10.0 Å². The number of furan rings is 1. The van der Waals surface area contributed by atoms with Crippen molar-refractivity contribution in [3.8, 4) is 0 Å². The first-order valence-corrected chi connectivity index (χ1v) is 12.0. The minimum atomic E-state index is -3.79. The number of nitrogens with one attached hydrogen (secondary N) is 1. The molecular formula is C22H24N2O4S2. The number of amides is 1. The number of para-hydroxylation sites is 1. The van der Waals surface area contributed by atoms with Crippen molar-refractivity contribution in [3.63, 3.8) is 0 Å². The average Bonchev–Trinajstić information content (AvgIpc) is 3.27. The number of aryl methyl sites for hydroxylation is 1. The lowest BCUT2D eigenvalue weighted by Gasteiger charge is -2.21. The highest BCUT2D eigenvalue weighted by atomic mass is 32.2. The van der Waals surface area contributed by atoms with Crippen LogP contribution in [0.1, 0.15) is 21.7 Å². The van der Waals surface area contributed by atoms with Crippen LogP contribution in [0.4, 0.5) is 5.69 Å². The molecule has 0 saturated carbocycles. The molecule has 6 nitrogen and oxygen atoms in total. The molecule has 0 radical (unpaired) electrons. The van der Waals surface area contributed by atoms with E-state index in [-0.39, 0.29) is 10.8 Å². The van der Waals surface area contributed by atoms with E-state index in [2.05, 4.69) is 5.32 Å². The monoisotopic (exact) mass is 444 g/mol. The van der Waals surface area contributed by atoms with Gasteiger partial charge in [0.15, 0.2) is 0 Å². The van der Waals surface area contributed by atoms with E-state index in [0.717, 1.165) is 22.8 Å². The van der Waals surface area contributed by atoms with Crippen LogP contribution in [0.15, 0.2) is 76.2 Å². The highest BCUT2D eigenvalue weighted by molar-refractivity contribution is 7.98. The van der Waals surface area contributed by atoms with E-state index in [1.165, 1.54) is 23.5 Å². The van der Waals surface area contributed by atoms with E-state index in [9.17, 15) is 13.2 Å². The molecular weight excluding hydrogens is 420 g/mol. The van der Waals surface area contributed by atoms with Gasteiger partial charge in [-0.15, -0.1) is 0 Å². The summed E-state index contributed by atoms with van der Waals surface area (Å²) < 4.78 is 32.6. The van der Waals surface area contributed by atoms with E-state index in [1.54, 1.807) is 42.3 Å². The Morgan fingerprint density at radius 3 is 2.63 bits per heavy atom. The molecule has 2 aromatic carbocycles. The van der Waals surface area contributed by atoms with Crippen LogP contribution in [-0.4, -0.2) is 33.7 Å². The van der Waals surface area contributed by atoms with Crippen LogP contribution in [0.2, 0.25) is 0 Å². The smallest absolute Gasteiger partial charge is 0.264 e. The van der Waals surface area contributed by atoms with Crippen LogP contribution < -0.4 is 9.62 Å². The maximum atomic E-state index is 13.1. The molecule has 3 aromatic rings. The maximum Gasteiger partial charge on any atom is 0.264 e. The first-order valence-electron chi connectivity index (χ1n) is 9.42. The molecule has 8 heteroatoms. The quantitative estimate of drug-likeness (QED) is 0.503. The normalized spacial score (nSPS) is 11.3. The summed E-state index contributed by atoms with van der Waals surface area (Å²) in [5, 5.41) is 2.83. The van der Waals surface area contributed by atoms with Crippen LogP contribution in [0.3, 0.4) is 0 Å². The fourth-order valence-corrected chi connectivity index (χ4v) is 4.97. The SMILES string of the molecule is Cc1ccccc1N(C)S(=O)(=O)c1cccc(C(=O)NCCSCc2ccco2)c1. The first kappa shape index (κ1) is 22.0. The molecule has 1 N–H and O–H groups in total. The minimum absolute atomic E-state index is 0.0769. The van der Waals surface area contributed by atoms with Crippen molar-refractivity contribution in [1.82, 2.24) is 5.32 Å². The van der Waals surface area contributed by atoms with E-state index >= 15 is 0 Å². The second-order valence-corrected chi connectivity index (χ2v) is 9.75. The van der Waals surface area contributed by atoms with E-state index in [1.807, 2.05) is 31.2 Å². The molecule has 1 aromatic heterocycles. The Balaban J connectivity index is 1.63. The van der Waals surface area contributed by atoms with Gasteiger partial charge in [0, 0.05) is 24.9 Å². The summed E-state index contributed by atoms with van der Waals surface area (Å²) in [6.45, 7) is 2.33. The molecule has 1 amide bonds. The number of carbonyl (C=O) groups excluding carboxylic acids is 1. The molecule has 0 spiro atoms. The Morgan fingerprint density at radius 1 is 1.10 bits per heavy atom. The van der Waals surface area contributed by atoms with Crippen molar-refractivity contribution in [3.05, 3.63) is 83.8 Å². The van der Waals surface area contributed by atoms with Crippen LogP contribution in [0.5, 0.6) is 0 Å². The molecule has 1 heterocycles. The van der Waals surface area contributed by atoms with Gasteiger partial charge in [0.05, 0.1) is 22.6 Å². The van der Waals surface area contributed by atoms with Gasteiger partial charge in [-0.25, -0.2) is 8.42 Å². The van der Waals surface area contributed by atoms with Gasteiger partial charge in [-0.2, -0.15) is 11.8 Å². The number of carbonyl (C=O) groups is 1. The number of thioether (sulfide) groups is 1. The van der Waals surface area contributed by atoms with Gasteiger partial charge in [-0.3, -0.25) is 9.10 Å². The predicted octanol–water partition coefficient (Wildman–Crippen LogP) is 4.08. The van der Waals surface area contributed by atoms with Crippen molar-refractivity contribution in [2.24, 2.45) is 0 Å². The summed E-state index contributed by atoms with van der Waals surface area (Å²) in [7, 11) is -2.27. The zero-order valence-electron chi connectivity index (χ0n) is 16.9. The molecule has 0 aliphatic heterocycles. The molecule has 0 unspecified atom stereocenters. The Kier molecular flexibility index (Phi) is 7.23. The van der Waals surface area contributed by atoms with Crippen molar-refractivity contribution in [2.45, 2.75) is 17.6 Å². The summed E-state index contributed by atoms with van der Waals surface area (Å²) in [5.41, 5.74) is 1.76. The molecule has 30 heavy (non-hydrogen) atoms. The summed E-state index contributed by atoms with van der Waals surface area (Å²) in [6.07, 6.45) is 1.63. The van der Waals surface area contributed by atoms with Crippen LogP contribution >= 0.6 is 11.8 Å². The van der Waals surface area contributed by atoms with Crippen LogP contribution in [-0.2, 0) is 15.8 Å². The second-order valence-electron chi connectivity index (χ2n) is 6.67. The van der Waals surface area contributed by atoms with Gasteiger partial charge in [-0.05, 0) is 48.9 Å². The molecule has 0 aliphatic carbocycles. The minimum Gasteiger partial charge on any atom is -0.468 e. The van der Waals surface area contributed by atoms with Crippen molar-refractivity contribution < 1.29 is 17.6 Å². The van der Waals surface area contributed by atoms with Gasteiger partial charge >= 0.3 is 0 Å². The van der Waals surface area contributed by atoms with E-state index in [0.29, 0.717) is 17.8 Å². The average molecular weight is 445 g/mol. The highest BCUT2D eigenvalue weighted by Gasteiger charge is 2.23. The standard InChI is InChI=1S/C22H24N2O4S2/c1-17-7-3-4-11-21(17)24(2)30(26,27)20-10-5-8-18(15-20)22(25)23-12-14-29-16-19-9-6-13-28-19/h3-11,13,15H,12,14,16H2,1-2H3,(H,23,25). The third kappa shape index (κ3) is 5.25. The number of hydrogen-bond acceptors (Lipinski definition) is 5. The largest absolute Gasteiger partial charge is 0.468 e. The number of sulfonamides is 1. The van der Waals surface area contributed by atoms with E-state index in [4.69, 9.17) is 4.42 Å². The van der Waals surface area contributed by atoms with Crippen LogP contribution in [0, 0.1) is 6.92 Å². The zero-order chi connectivity index (χ0) is 21.6. The molecule has 0 bridgehead atoms. The summed E-state index contributed by atoms with van der Waals surface area (Å²) >= 11 is 1.65. The van der Waals surface area contributed by atoms with Gasteiger partial charge in [0.2, 0.25) is 0 Å². The summed E-state index contributed by atoms with van der Waals surface area (Å²) in [6, 6.07) is 17.1. The predicted molar refractivity (Wildman–Crippen MR) is 120 cm³/mol. The number of nitrogens with zero attached hydrogens (tertiary/aromatic N) is 1. The third-order valence-corrected chi connectivity index (χ3v) is 7.31. The highest BCUT2D eigenvalue weighted by Crippen LogP contribution is 2.25.